The van der Waals surface area contributed by atoms with Gasteiger partial charge in [0.05, 0.1) is 16.0 Å². The lowest BCUT2D eigenvalue weighted by Crippen LogP contribution is -2.43. The lowest BCUT2D eigenvalue weighted by molar-refractivity contribution is -0.121. The minimum absolute atomic E-state index is 0.168. The molecule has 8 heteroatoms. The van der Waals surface area contributed by atoms with Gasteiger partial charge in [-0.1, -0.05) is 29.3 Å². The fourth-order valence-electron chi connectivity index (χ4n) is 3.57. The van der Waals surface area contributed by atoms with Gasteiger partial charge in [0.15, 0.2) is 0 Å². The number of hydrogen-bond donors (Lipinski definition) is 2. The molecule has 158 valence electrons. The van der Waals surface area contributed by atoms with Crippen LogP contribution >= 0.6 is 23.2 Å². The van der Waals surface area contributed by atoms with E-state index in [-0.39, 0.29) is 23.6 Å². The third-order valence-electron chi connectivity index (χ3n) is 5.31. The highest BCUT2D eigenvalue weighted by atomic mass is 35.5. The second kappa shape index (κ2) is 9.49. The van der Waals surface area contributed by atoms with Crippen LogP contribution in [0.2, 0.25) is 10.0 Å². The van der Waals surface area contributed by atoms with Gasteiger partial charge < -0.3 is 15.5 Å². The van der Waals surface area contributed by atoms with E-state index in [1.807, 2.05) is 0 Å². The number of nitrogens with zero attached hydrogens (tertiary/aromatic N) is 1. The van der Waals surface area contributed by atoms with Gasteiger partial charge in [0, 0.05) is 37.0 Å². The fourth-order valence-corrected chi connectivity index (χ4v) is 3.87. The predicted molar refractivity (Wildman–Crippen MR) is 118 cm³/mol. The SMILES string of the molecule is CNC(=O)c1cccc(NC(=O)C2CCCN(C(=O)c3ccc(Cl)c(Cl)c3)C2)c1C. The molecule has 1 unspecified atom stereocenters. The average molecular weight is 448 g/mol. The van der Waals surface area contributed by atoms with Crippen molar-refractivity contribution < 1.29 is 14.4 Å². The second-order valence-corrected chi connectivity index (χ2v) is 8.08. The lowest BCUT2D eigenvalue weighted by Gasteiger charge is -2.32. The van der Waals surface area contributed by atoms with E-state index >= 15 is 0 Å². The molecule has 3 rings (SSSR count). The molecule has 1 fully saturated rings. The predicted octanol–water partition coefficient (Wildman–Crippen LogP) is 4.15. The van der Waals surface area contributed by atoms with Gasteiger partial charge in [-0.05, 0) is 55.7 Å². The molecule has 3 amide bonds. The van der Waals surface area contributed by atoms with Crippen molar-refractivity contribution in [1.29, 1.82) is 0 Å². The van der Waals surface area contributed by atoms with Crippen molar-refractivity contribution in [2.45, 2.75) is 19.8 Å². The molecule has 2 aromatic rings. The van der Waals surface area contributed by atoms with E-state index in [1.54, 1.807) is 55.3 Å². The number of hydrogen-bond acceptors (Lipinski definition) is 3. The molecule has 1 saturated heterocycles. The third-order valence-corrected chi connectivity index (χ3v) is 6.05. The summed E-state index contributed by atoms with van der Waals surface area (Å²) in [6, 6.07) is 9.97. The Morgan fingerprint density at radius 2 is 1.87 bits per heavy atom. The Labute approximate surface area is 185 Å². The Kier molecular flexibility index (Phi) is 7.00. The Morgan fingerprint density at radius 3 is 2.57 bits per heavy atom. The molecule has 2 N–H and O–H groups in total. The largest absolute Gasteiger partial charge is 0.355 e. The maximum Gasteiger partial charge on any atom is 0.253 e. The van der Waals surface area contributed by atoms with Crippen LogP contribution in [0.25, 0.3) is 0 Å². The number of carbonyl (C=O) groups is 3. The zero-order chi connectivity index (χ0) is 21.8. The summed E-state index contributed by atoms with van der Waals surface area (Å²) >= 11 is 12.0. The van der Waals surface area contributed by atoms with Crippen LogP contribution in [0.3, 0.4) is 0 Å². The monoisotopic (exact) mass is 447 g/mol. The molecule has 1 heterocycles. The molecule has 1 aliphatic rings. The molecule has 1 aliphatic heterocycles. The molecule has 6 nitrogen and oxygen atoms in total. The van der Waals surface area contributed by atoms with Crippen molar-refractivity contribution in [3.63, 3.8) is 0 Å². The van der Waals surface area contributed by atoms with Gasteiger partial charge in [-0.15, -0.1) is 0 Å². The first-order valence-corrected chi connectivity index (χ1v) is 10.4. The summed E-state index contributed by atoms with van der Waals surface area (Å²) in [5, 5.41) is 6.22. The van der Waals surface area contributed by atoms with Gasteiger partial charge in [0.1, 0.15) is 0 Å². The van der Waals surface area contributed by atoms with Gasteiger partial charge in [-0.2, -0.15) is 0 Å². The summed E-state index contributed by atoms with van der Waals surface area (Å²) < 4.78 is 0. The van der Waals surface area contributed by atoms with Crippen molar-refractivity contribution in [2.24, 2.45) is 5.92 Å². The Bertz CT molecular complexity index is 994. The summed E-state index contributed by atoms with van der Waals surface area (Å²) in [6.07, 6.45) is 1.41. The highest BCUT2D eigenvalue weighted by molar-refractivity contribution is 6.42. The molecular weight excluding hydrogens is 425 g/mol. The summed E-state index contributed by atoms with van der Waals surface area (Å²) in [4.78, 5) is 39.4. The molecule has 0 spiro atoms. The smallest absolute Gasteiger partial charge is 0.253 e. The summed E-state index contributed by atoms with van der Waals surface area (Å²) in [6.45, 7) is 2.69. The minimum atomic E-state index is -0.339. The number of rotatable bonds is 4. The molecule has 30 heavy (non-hydrogen) atoms. The van der Waals surface area contributed by atoms with E-state index in [0.29, 0.717) is 51.9 Å². The van der Waals surface area contributed by atoms with Crippen LogP contribution in [0.5, 0.6) is 0 Å². The topological polar surface area (TPSA) is 78.5 Å². The maximum atomic E-state index is 12.9. The minimum Gasteiger partial charge on any atom is -0.355 e. The van der Waals surface area contributed by atoms with E-state index in [2.05, 4.69) is 10.6 Å². The standard InChI is InChI=1S/C22H23Cl2N3O3/c1-13-16(21(29)25-2)6-3-7-19(13)26-20(28)15-5-4-10-27(12-15)22(30)14-8-9-17(23)18(24)11-14/h3,6-9,11,15H,4-5,10,12H2,1-2H3,(H,25,29)(H,26,28). The number of anilines is 1. The number of likely N-dealkylation sites (tertiary alicyclic amines) is 1. The van der Waals surface area contributed by atoms with E-state index in [0.717, 1.165) is 6.42 Å². The van der Waals surface area contributed by atoms with Gasteiger partial charge in [-0.25, -0.2) is 0 Å². The van der Waals surface area contributed by atoms with Crippen molar-refractivity contribution in [3.8, 4) is 0 Å². The Morgan fingerprint density at radius 1 is 1.10 bits per heavy atom. The Balaban J connectivity index is 1.71. The quantitative estimate of drug-likeness (QED) is 0.738. The van der Waals surface area contributed by atoms with Crippen LogP contribution in [0, 0.1) is 12.8 Å². The van der Waals surface area contributed by atoms with Crippen LogP contribution in [-0.2, 0) is 4.79 Å². The maximum absolute atomic E-state index is 12.9. The molecular formula is C22H23Cl2N3O3. The van der Waals surface area contributed by atoms with E-state index < -0.39 is 0 Å². The van der Waals surface area contributed by atoms with E-state index in [1.165, 1.54) is 0 Å². The second-order valence-electron chi connectivity index (χ2n) is 7.27. The first kappa shape index (κ1) is 22.1. The zero-order valence-corrected chi connectivity index (χ0v) is 18.3. The Hall–Kier alpha value is -2.57. The zero-order valence-electron chi connectivity index (χ0n) is 16.8. The molecule has 0 saturated carbocycles. The summed E-state index contributed by atoms with van der Waals surface area (Å²) in [5.74, 6) is -0.893. The van der Waals surface area contributed by atoms with Crippen LogP contribution in [-0.4, -0.2) is 42.8 Å². The lowest BCUT2D eigenvalue weighted by atomic mass is 9.96. The average Bonchev–Trinajstić information content (AvgIpc) is 2.76. The third kappa shape index (κ3) is 4.77. The molecule has 0 aromatic heterocycles. The number of benzene rings is 2. The van der Waals surface area contributed by atoms with Gasteiger partial charge in [-0.3, -0.25) is 14.4 Å². The van der Waals surface area contributed by atoms with Gasteiger partial charge in [0.25, 0.3) is 11.8 Å². The van der Waals surface area contributed by atoms with Crippen molar-refractivity contribution in [2.75, 3.05) is 25.5 Å². The van der Waals surface area contributed by atoms with Crippen LogP contribution in [0.4, 0.5) is 5.69 Å². The van der Waals surface area contributed by atoms with Gasteiger partial charge >= 0.3 is 0 Å². The first-order valence-electron chi connectivity index (χ1n) is 9.68. The van der Waals surface area contributed by atoms with E-state index in [4.69, 9.17) is 23.2 Å². The van der Waals surface area contributed by atoms with Crippen LogP contribution < -0.4 is 10.6 Å². The number of carbonyl (C=O) groups excluding carboxylic acids is 3. The van der Waals surface area contributed by atoms with Crippen molar-refractivity contribution in [1.82, 2.24) is 10.2 Å². The normalized spacial score (nSPS) is 16.1. The molecule has 2 aromatic carbocycles. The van der Waals surface area contributed by atoms with Crippen LogP contribution in [0.1, 0.15) is 39.1 Å². The molecule has 0 bridgehead atoms. The fraction of sp³-hybridized carbons (Fsp3) is 0.318. The van der Waals surface area contributed by atoms with Crippen molar-refractivity contribution in [3.05, 3.63) is 63.1 Å². The highest BCUT2D eigenvalue weighted by Gasteiger charge is 2.29. The highest BCUT2D eigenvalue weighted by Crippen LogP contribution is 2.26. The molecule has 0 aliphatic carbocycles. The first-order chi connectivity index (χ1) is 14.3. The number of amides is 3. The number of nitrogens with one attached hydrogen (secondary N) is 2. The number of halogens is 2. The molecule has 0 radical (unpaired) electrons. The van der Waals surface area contributed by atoms with Gasteiger partial charge in [0.2, 0.25) is 5.91 Å². The summed E-state index contributed by atoms with van der Waals surface area (Å²) in [7, 11) is 1.56. The van der Waals surface area contributed by atoms with E-state index in [9.17, 15) is 14.4 Å². The summed E-state index contributed by atoms with van der Waals surface area (Å²) in [5.41, 5.74) is 2.24. The molecule has 1 atom stereocenters. The van der Waals surface area contributed by atoms with Crippen molar-refractivity contribution >= 4 is 46.6 Å². The van der Waals surface area contributed by atoms with Crippen LogP contribution in [0.15, 0.2) is 36.4 Å². The number of piperidine rings is 1.